The summed E-state index contributed by atoms with van der Waals surface area (Å²) in [5.41, 5.74) is 6.67. The van der Waals surface area contributed by atoms with Crippen LogP contribution in [-0.4, -0.2) is 35.9 Å². The van der Waals surface area contributed by atoms with E-state index in [1.54, 1.807) is 19.1 Å². The van der Waals surface area contributed by atoms with Gasteiger partial charge in [0.15, 0.2) is 0 Å². The number of amides is 1. The highest BCUT2D eigenvalue weighted by Gasteiger charge is 2.39. The van der Waals surface area contributed by atoms with Crippen molar-refractivity contribution < 1.29 is 14.6 Å². The molecule has 1 aliphatic heterocycles. The fourth-order valence-corrected chi connectivity index (χ4v) is 2.21. The number of nitrogens with one attached hydrogen (secondary N) is 1. The molecule has 2 atom stereocenters. The second kappa shape index (κ2) is 5.19. The van der Waals surface area contributed by atoms with Crippen molar-refractivity contribution in [2.75, 3.05) is 18.9 Å². The fourth-order valence-electron chi connectivity index (χ4n) is 2.21. The average Bonchev–Trinajstić information content (AvgIpc) is 2.71. The summed E-state index contributed by atoms with van der Waals surface area (Å²) in [6.45, 7) is 4.34. The molecule has 1 aliphatic rings. The van der Waals surface area contributed by atoms with E-state index in [1.807, 2.05) is 13.0 Å². The smallest absolute Gasteiger partial charge is 0.253 e. The van der Waals surface area contributed by atoms with Gasteiger partial charge in [-0.15, -0.1) is 0 Å². The lowest BCUT2D eigenvalue weighted by Crippen LogP contribution is -2.47. The molecule has 1 aromatic rings. The van der Waals surface area contributed by atoms with Crippen molar-refractivity contribution in [3.63, 3.8) is 0 Å². The van der Waals surface area contributed by atoms with E-state index < -0.39 is 5.60 Å². The number of carbonyl (C=O) groups excluding carboxylic acids is 1. The van der Waals surface area contributed by atoms with Crippen LogP contribution in [0.4, 0.5) is 5.69 Å². The van der Waals surface area contributed by atoms with Crippen LogP contribution in [0.15, 0.2) is 18.2 Å². The Balaban J connectivity index is 2.04. The third-order valence-electron chi connectivity index (χ3n) is 3.78. The van der Waals surface area contributed by atoms with Crippen LogP contribution in [0, 0.1) is 6.92 Å². The predicted octanol–water partition coefficient (Wildman–Crippen LogP) is 0.847. The number of rotatable bonds is 3. The number of nitrogens with two attached hydrogens (primary N) is 1. The van der Waals surface area contributed by atoms with Gasteiger partial charge in [-0.2, -0.15) is 0 Å². The zero-order chi connectivity index (χ0) is 14.0. The Labute approximate surface area is 112 Å². The number of ether oxygens (including phenoxy) is 1. The van der Waals surface area contributed by atoms with Gasteiger partial charge in [-0.1, -0.05) is 12.1 Å². The first-order chi connectivity index (χ1) is 8.94. The molecule has 0 aromatic heterocycles. The third kappa shape index (κ3) is 2.72. The Morgan fingerprint density at radius 2 is 2.37 bits per heavy atom. The highest BCUT2D eigenvalue weighted by molar-refractivity contribution is 5.99. The van der Waals surface area contributed by atoms with E-state index in [9.17, 15) is 9.90 Å². The maximum Gasteiger partial charge on any atom is 0.253 e. The molecule has 0 saturated carbocycles. The number of hydrogen-bond donors (Lipinski definition) is 3. The highest BCUT2D eigenvalue weighted by Crippen LogP contribution is 2.25. The van der Waals surface area contributed by atoms with Crippen LogP contribution in [0.3, 0.4) is 0 Å². The van der Waals surface area contributed by atoms with Gasteiger partial charge in [0, 0.05) is 25.3 Å². The van der Waals surface area contributed by atoms with E-state index in [2.05, 4.69) is 5.32 Å². The Hall–Kier alpha value is -1.59. The first-order valence-electron chi connectivity index (χ1n) is 6.41. The van der Waals surface area contributed by atoms with Crippen molar-refractivity contribution in [1.29, 1.82) is 0 Å². The molecule has 4 N–H and O–H groups in total. The van der Waals surface area contributed by atoms with Crippen molar-refractivity contribution in [1.82, 2.24) is 5.32 Å². The number of hydrogen-bond acceptors (Lipinski definition) is 4. The van der Waals surface area contributed by atoms with Gasteiger partial charge < -0.3 is 20.9 Å². The monoisotopic (exact) mass is 264 g/mol. The van der Waals surface area contributed by atoms with Crippen LogP contribution >= 0.6 is 0 Å². The van der Waals surface area contributed by atoms with Crippen LogP contribution in [-0.2, 0) is 4.74 Å². The second-order valence-corrected chi connectivity index (χ2v) is 5.09. The largest absolute Gasteiger partial charge is 0.398 e. The quantitative estimate of drug-likeness (QED) is 0.706. The molecule has 2 unspecified atom stereocenters. The molecule has 0 spiro atoms. The molecule has 1 amide bonds. The van der Waals surface area contributed by atoms with E-state index in [0.29, 0.717) is 24.3 Å². The van der Waals surface area contributed by atoms with Crippen molar-refractivity contribution in [2.45, 2.75) is 32.0 Å². The molecule has 19 heavy (non-hydrogen) atoms. The molecular formula is C14H20N2O3. The molecule has 0 radical (unpaired) electrons. The lowest BCUT2D eigenvalue weighted by Gasteiger charge is -2.26. The highest BCUT2D eigenvalue weighted by atomic mass is 16.5. The maximum absolute atomic E-state index is 12.1. The van der Waals surface area contributed by atoms with E-state index >= 15 is 0 Å². The van der Waals surface area contributed by atoms with Gasteiger partial charge in [-0.3, -0.25) is 4.79 Å². The van der Waals surface area contributed by atoms with Crippen LogP contribution < -0.4 is 11.1 Å². The summed E-state index contributed by atoms with van der Waals surface area (Å²) in [7, 11) is 0. The van der Waals surface area contributed by atoms with Gasteiger partial charge >= 0.3 is 0 Å². The number of benzene rings is 1. The van der Waals surface area contributed by atoms with Crippen molar-refractivity contribution in [3.05, 3.63) is 29.3 Å². The van der Waals surface area contributed by atoms with Gasteiger partial charge in [0.05, 0.1) is 11.7 Å². The first-order valence-corrected chi connectivity index (χ1v) is 6.41. The number of aryl methyl sites for hydroxylation is 1. The molecule has 5 nitrogen and oxygen atoms in total. The molecule has 1 fully saturated rings. The SMILES string of the molecule is Cc1cccc(C(=O)NCC2(O)CCOC2C)c1N. The van der Waals surface area contributed by atoms with Crippen LogP contribution in [0.1, 0.15) is 29.3 Å². The normalized spacial score (nSPS) is 26.4. The van der Waals surface area contributed by atoms with E-state index in [1.165, 1.54) is 0 Å². The summed E-state index contributed by atoms with van der Waals surface area (Å²) in [4.78, 5) is 12.1. The first kappa shape index (κ1) is 13.8. The van der Waals surface area contributed by atoms with Gasteiger partial charge in [0.25, 0.3) is 5.91 Å². The lowest BCUT2D eigenvalue weighted by molar-refractivity contribution is -0.0251. The molecule has 0 bridgehead atoms. The Morgan fingerprint density at radius 3 is 3.00 bits per heavy atom. The summed E-state index contributed by atoms with van der Waals surface area (Å²) < 4.78 is 5.32. The summed E-state index contributed by atoms with van der Waals surface area (Å²) >= 11 is 0. The zero-order valence-electron chi connectivity index (χ0n) is 11.3. The summed E-state index contributed by atoms with van der Waals surface area (Å²) in [5.74, 6) is -0.270. The third-order valence-corrected chi connectivity index (χ3v) is 3.78. The Kier molecular flexibility index (Phi) is 3.78. The number of aliphatic hydroxyl groups is 1. The summed E-state index contributed by atoms with van der Waals surface area (Å²) in [6.07, 6.45) is 0.250. The van der Waals surface area contributed by atoms with Gasteiger partial charge in [-0.25, -0.2) is 0 Å². The van der Waals surface area contributed by atoms with E-state index in [0.717, 1.165) is 5.56 Å². The maximum atomic E-state index is 12.1. The predicted molar refractivity (Wildman–Crippen MR) is 72.9 cm³/mol. The minimum Gasteiger partial charge on any atom is -0.398 e. The molecule has 104 valence electrons. The number of anilines is 1. The summed E-state index contributed by atoms with van der Waals surface area (Å²) in [5, 5.41) is 13.0. The molecule has 2 rings (SSSR count). The van der Waals surface area contributed by atoms with Gasteiger partial charge in [0.2, 0.25) is 0 Å². The van der Waals surface area contributed by atoms with E-state index in [4.69, 9.17) is 10.5 Å². The molecular weight excluding hydrogens is 244 g/mol. The molecule has 5 heteroatoms. The average molecular weight is 264 g/mol. The minimum atomic E-state index is -0.992. The summed E-state index contributed by atoms with van der Waals surface area (Å²) in [6, 6.07) is 5.32. The second-order valence-electron chi connectivity index (χ2n) is 5.09. The molecule has 0 aliphatic carbocycles. The number of nitrogen functional groups attached to an aromatic ring is 1. The lowest BCUT2D eigenvalue weighted by atomic mass is 9.96. The van der Waals surface area contributed by atoms with Crippen LogP contribution in [0.25, 0.3) is 0 Å². The van der Waals surface area contributed by atoms with Gasteiger partial charge in [-0.05, 0) is 25.5 Å². The number of carbonyl (C=O) groups is 1. The minimum absolute atomic E-state index is 0.167. The molecule has 1 heterocycles. The molecule has 1 aromatic carbocycles. The molecule has 1 saturated heterocycles. The fraction of sp³-hybridized carbons (Fsp3) is 0.500. The van der Waals surface area contributed by atoms with Crippen molar-refractivity contribution in [3.8, 4) is 0 Å². The Bertz CT molecular complexity index is 490. The zero-order valence-corrected chi connectivity index (χ0v) is 11.3. The van der Waals surface area contributed by atoms with Crippen molar-refractivity contribution >= 4 is 11.6 Å². The van der Waals surface area contributed by atoms with Crippen molar-refractivity contribution in [2.24, 2.45) is 0 Å². The number of para-hydroxylation sites is 1. The van der Waals surface area contributed by atoms with E-state index in [-0.39, 0.29) is 18.6 Å². The van der Waals surface area contributed by atoms with Crippen LogP contribution in [0.2, 0.25) is 0 Å². The van der Waals surface area contributed by atoms with Gasteiger partial charge in [0.1, 0.15) is 5.60 Å². The standard InChI is InChI=1S/C14H20N2O3/c1-9-4-3-5-11(12(9)15)13(17)16-8-14(18)6-7-19-10(14)2/h3-5,10,18H,6-8,15H2,1-2H3,(H,16,17). The topological polar surface area (TPSA) is 84.6 Å². The Morgan fingerprint density at radius 1 is 1.63 bits per heavy atom. The van der Waals surface area contributed by atoms with Crippen LogP contribution in [0.5, 0.6) is 0 Å².